The van der Waals surface area contributed by atoms with Crippen LogP contribution in [0.5, 0.6) is 0 Å². The van der Waals surface area contributed by atoms with Gasteiger partial charge in [0.15, 0.2) is 0 Å². The highest BCUT2D eigenvalue weighted by Gasteiger charge is 2.08. The quantitative estimate of drug-likeness (QED) is 0.431. The molecule has 0 nitrogen and oxygen atoms in total. The van der Waals surface area contributed by atoms with Gasteiger partial charge in [0.2, 0.25) is 0 Å². The molecule has 0 amide bonds. The number of benzene rings is 3. The van der Waals surface area contributed by atoms with Crippen molar-refractivity contribution in [2.24, 2.45) is 0 Å². The van der Waals surface area contributed by atoms with E-state index in [0.717, 1.165) is 12.8 Å². The molecule has 0 N–H and O–H groups in total. The predicted molar refractivity (Wildman–Crippen MR) is 86.2 cm³/mol. The molecule has 0 aliphatic heterocycles. The highest BCUT2D eigenvalue weighted by molar-refractivity contribution is 5.98. The van der Waals surface area contributed by atoms with Crippen molar-refractivity contribution in [2.45, 2.75) is 25.7 Å². The van der Waals surface area contributed by atoms with Gasteiger partial charge in [0, 0.05) is 5.92 Å². The van der Waals surface area contributed by atoms with Gasteiger partial charge in [-0.15, -0.1) is 0 Å². The number of hydrogen-bond donors (Lipinski definition) is 0. The summed E-state index contributed by atoms with van der Waals surface area (Å²) in [5.41, 5.74) is 1.20. The lowest BCUT2D eigenvalue weighted by Crippen LogP contribution is -1.94. The summed E-state index contributed by atoms with van der Waals surface area (Å²) in [6, 6.07) is 19.4. The van der Waals surface area contributed by atoms with Crippen LogP contribution in [0.4, 0.5) is 0 Å². The molecule has 3 aromatic rings. The lowest BCUT2D eigenvalue weighted by molar-refractivity contribution is 0.734. The highest BCUT2D eigenvalue weighted by atomic mass is 14.1. The Labute approximate surface area is 120 Å². The number of rotatable bonds is 3. The third-order valence-corrected chi connectivity index (χ3v) is 3.88. The Bertz CT molecular complexity index is 790. The zero-order valence-electron chi connectivity index (χ0n) is 11.7. The molecule has 97 valence electrons. The molecule has 0 spiro atoms. The molecule has 0 aliphatic rings. The molecule has 1 atom stereocenters. The van der Waals surface area contributed by atoms with E-state index in [9.17, 15) is 0 Å². The van der Waals surface area contributed by atoms with Crippen LogP contribution in [0.3, 0.4) is 0 Å². The van der Waals surface area contributed by atoms with E-state index in [1.165, 1.54) is 27.1 Å². The Morgan fingerprint density at radius 1 is 0.900 bits per heavy atom. The molecule has 1 radical (unpaired) electrons. The summed E-state index contributed by atoms with van der Waals surface area (Å²) in [5.74, 6) is 2.79. The van der Waals surface area contributed by atoms with Gasteiger partial charge >= 0.3 is 0 Å². The second-order valence-electron chi connectivity index (χ2n) is 5.29. The highest BCUT2D eigenvalue weighted by Crippen LogP contribution is 2.27. The lowest BCUT2D eigenvalue weighted by atomic mass is 9.92. The average molecular weight is 257 g/mol. The fourth-order valence-electron chi connectivity index (χ4n) is 2.79. The summed E-state index contributed by atoms with van der Waals surface area (Å²) in [6.07, 6.45) is 9.55. The maximum absolute atomic E-state index is 7.49. The molecule has 0 heteroatoms. The van der Waals surface area contributed by atoms with Crippen molar-refractivity contribution < 1.29 is 0 Å². The molecule has 3 rings (SSSR count). The molecule has 0 aromatic heterocycles. The van der Waals surface area contributed by atoms with Crippen LogP contribution in [0.15, 0.2) is 54.6 Å². The second kappa shape index (κ2) is 5.39. The molecule has 0 heterocycles. The van der Waals surface area contributed by atoms with Crippen molar-refractivity contribution in [3.8, 4) is 5.92 Å². The first-order chi connectivity index (χ1) is 9.81. The summed E-state index contributed by atoms with van der Waals surface area (Å²) in [7, 11) is 0. The van der Waals surface area contributed by atoms with Gasteiger partial charge in [0.25, 0.3) is 0 Å². The van der Waals surface area contributed by atoms with Crippen LogP contribution in [0.1, 0.15) is 31.2 Å². The van der Waals surface area contributed by atoms with Gasteiger partial charge in [-0.05, 0) is 58.2 Å². The van der Waals surface area contributed by atoms with E-state index in [1.54, 1.807) is 0 Å². The Kier molecular flexibility index (Phi) is 3.44. The first-order valence-corrected chi connectivity index (χ1v) is 7.16. The maximum atomic E-state index is 7.49. The van der Waals surface area contributed by atoms with Crippen LogP contribution in [-0.2, 0) is 0 Å². The van der Waals surface area contributed by atoms with E-state index in [0.29, 0.717) is 0 Å². The van der Waals surface area contributed by atoms with Gasteiger partial charge in [0.05, 0.1) is 0 Å². The van der Waals surface area contributed by atoms with Crippen molar-refractivity contribution >= 4 is 21.5 Å². The van der Waals surface area contributed by atoms with Crippen LogP contribution >= 0.6 is 0 Å². The zero-order chi connectivity index (χ0) is 13.9. The van der Waals surface area contributed by atoms with Crippen LogP contribution in [0.25, 0.3) is 21.5 Å². The Balaban J connectivity index is 2.15. The summed E-state index contributed by atoms with van der Waals surface area (Å²) in [6.45, 7) is 2.15. The van der Waals surface area contributed by atoms with Gasteiger partial charge in [0.1, 0.15) is 0 Å². The molecular formula is C20H17. The number of hydrogen-bond acceptors (Lipinski definition) is 0. The minimum absolute atomic E-state index is 0.121. The maximum Gasteiger partial charge on any atom is 0.0462 e. The van der Waals surface area contributed by atoms with Crippen molar-refractivity contribution in [3.63, 3.8) is 0 Å². The third kappa shape index (κ3) is 2.28. The average Bonchev–Trinajstić information content (AvgIpc) is 2.50. The van der Waals surface area contributed by atoms with Crippen LogP contribution < -0.4 is 0 Å². The standard InChI is InChI=1S/C20H17/c1-3-7-15(4-2)18-10-11-19-12-16-8-5-6-9-17(16)13-20(19)14-18/h5-6,8-15H,3,7H2,1H3. The topological polar surface area (TPSA) is 0 Å². The molecule has 3 aromatic carbocycles. The van der Waals surface area contributed by atoms with Crippen molar-refractivity contribution in [1.82, 2.24) is 0 Å². The first kappa shape index (κ1) is 12.8. The Hall–Kier alpha value is -2.26. The molecule has 1 unspecified atom stereocenters. The molecule has 20 heavy (non-hydrogen) atoms. The summed E-state index contributed by atoms with van der Waals surface area (Å²) >= 11 is 0. The summed E-state index contributed by atoms with van der Waals surface area (Å²) in [5, 5.41) is 5.05. The number of fused-ring (bicyclic) bond motifs is 2. The van der Waals surface area contributed by atoms with Gasteiger partial charge in [-0.25, -0.2) is 0 Å². The van der Waals surface area contributed by atoms with Crippen LogP contribution in [0.2, 0.25) is 0 Å². The summed E-state index contributed by atoms with van der Waals surface area (Å²) < 4.78 is 0. The normalized spacial score (nSPS) is 12.4. The molecule has 0 fully saturated rings. The third-order valence-electron chi connectivity index (χ3n) is 3.88. The SMILES string of the molecule is [C]#CC(CCC)c1ccc2cc3ccccc3cc2c1. The van der Waals surface area contributed by atoms with Crippen molar-refractivity contribution in [3.05, 3.63) is 66.6 Å². The van der Waals surface area contributed by atoms with Gasteiger partial charge < -0.3 is 0 Å². The molecule has 0 saturated carbocycles. The fraction of sp³-hybridized carbons (Fsp3) is 0.200. The molecule has 0 aliphatic carbocycles. The fourth-order valence-corrected chi connectivity index (χ4v) is 2.79. The van der Waals surface area contributed by atoms with Crippen LogP contribution in [0, 0.1) is 12.3 Å². The molecule has 0 bridgehead atoms. The Morgan fingerprint density at radius 2 is 1.55 bits per heavy atom. The van der Waals surface area contributed by atoms with Crippen molar-refractivity contribution in [2.75, 3.05) is 0 Å². The van der Waals surface area contributed by atoms with Gasteiger partial charge in [-0.3, -0.25) is 0 Å². The van der Waals surface area contributed by atoms with E-state index < -0.39 is 0 Å². The van der Waals surface area contributed by atoms with E-state index in [-0.39, 0.29) is 5.92 Å². The Morgan fingerprint density at radius 3 is 2.20 bits per heavy atom. The van der Waals surface area contributed by atoms with Crippen molar-refractivity contribution in [1.29, 1.82) is 0 Å². The van der Waals surface area contributed by atoms with E-state index in [4.69, 9.17) is 6.42 Å². The summed E-state index contributed by atoms with van der Waals surface area (Å²) in [4.78, 5) is 0. The zero-order valence-corrected chi connectivity index (χ0v) is 11.7. The van der Waals surface area contributed by atoms with E-state index in [1.807, 2.05) is 0 Å². The van der Waals surface area contributed by atoms with Gasteiger partial charge in [-0.2, -0.15) is 0 Å². The molecule has 0 saturated heterocycles. The molecular weight excluding hydrogens is 240 g/mol. The minimum atomic E-state index is 0.121. The van der Waals surface area contributed by atoms with Gasteiger partial charge in [-0.1, -0.05) is 55.7 Å². The minimum Gasteiger partial charge on any atom is -0.0809 e. The predicted octanol–water partition coefficient (Wildman–Crippen LogP) is 5.47. The first-order valence-electron chi connectivity index (χ1n) is 7.16. The smallest absolute Gasteiger partial charge is 0.0462 e. The second-order valence-corrected chi connectivity index (χ2v) is 5.29. The lowest BCUT2D eigenvalue weighted by Gasteiger charge is -2.11. The van der Waals surface area contributed by atoms with E-state index >= 15 is 0 Å². The van der Waals surface area contributed by atoms with Crippen LogP contribution in [-0.4, -0.2) is 0 Å². The van der Waals surface area contributed by atoms with E-state index in [2.05, 4.69) is 67.4 Å². The monoisotopic (exact) mass is 257 g/mol. The largest absolute Gasteiger partial charge is 0.0809 e.